The fourth-order valence-corrected chi connectivity index (χ4v) is 2.39. The summed E-state index contributed by atoms with van der Waals surface area (Å²) in [4.78, 5) is 0. The number of aryl methyl sites for hydroxylation is 2. The van der Waals surface area contributed by atoms with Gasteiger partial charge in [0.2, 0.25) is 0 Å². The van der Waals surface area contributed by atoms with Crippen molar-refractivity contribution >= 4 is 5.57 Å². The molecule has 1 N–H and O–H groups in total. The second-order valence-electron chi connectivity index (χ2n) is 5.08. The quantitative estimate of drug-likeness (QED) is 0.746. The van der Waals surface area contributed by atoms with Crippen molar-refractivity contribution in [3.63, 3.8) is 0 Å². The second kappa shape index (κ2) is 8.00. The highest BCUT2D eigenvalue weighted by atomic mass is 16.5. The maximum atomic E-state index is 5.52. The third-order valence-electron chi connectivity index (χ3n) is 3.26. The topological polar surface area (TPSA) is 21.3 Å². The molecule has 0 aliphatic carbocycles. The van der Waals surface area contributed by atoms with Crippen LogP contribution in [0.4, 0.5) is 0 Å². The van der Waals surface area contributed by atoms with Crippen molar-refractivity contribution < 1.29 is 4.74 Å². The number of hydrogen-bond acceptors (Lipinski definition) is 2. The first-order valence-corrected chi connectivity index (χ1v) is 7.13. The third kappa shape index (κ3) is 4.71. The van der Waals surface area contributed by atoms with Crippen LogP contribution in [0.1, 0.15) is 43.4 Å². The van der Waals surface area contributed by atoms with Gasteiger partial charge in [-0.25, -0.2) is 0 Å². The molecule has 19 heavy (non-hydrogen) atoms. The highest BCUT2D eigenvalue weighted by Crippen LogP contribution is 2.30. The van der Waals surface area contributed by atoms with E-state index < -0.39 is 0 Å². The van der Waals surface area contributed by atoms with Crippen molar-refractivity contribution in [2.75, 3.05) is 20.2 Å². The monoisotopic (exact) mass is 261 g/mol. The summed E-state index contributed by atoms with van der Waals surface area (Å²) in [5, 5.41) is 3.42. The summed E-state index contributed by atoms with van der Waals surface area (Å²) in [5.41, 5.74) is 5.07. The Bertz CT molecular complexity index is 435. The summed E-state index contributed by atoms with van der Waals surface area (Å²) in [6.07, 6.45) is 4.54. The van der Waals surface area contributed by atoms with E-state index in [2.05, 4.69) is 51.2 Å². The molecule has 0 unspecified atom stereocenters. The van der Waals surface area contributed by atoms with Gasteiger partial charge in [-0.1, -0.05) is 19.1 Å². The zero-order chi connectivity index (χ0) is 14.3. The fourth-order valence-electron chi connectivity index (χ4n) is 2.39. The summed E-state index contributed by atoms with van der Waals surface area (Å²) in [6.45, 7) is 10.7. The number of ether oxygens (including phenoxy) is 1. The van der Waals surface area contributed by atoms with E-state index >= 15 is 0 Å². The van der Waals surface area contributed by atoms with Crippen LogP contribution in [0.2, 0.25) is 0 Å². The molecule has 106 valence electrons. The molecule has 0 aromatic heterocycles. The summed E-state index contributed by atoms with van der Waals surface area (Å²) >= 11 is 0. The Balaban J connectivity index is 2.80. The summed E-state index contributed by atoms with van der Waals surface area (Å²) in [7, 11) is 1.74. The van der Waals surface area contributed by atoms with E-state index in [4.69, 9.17) is 4.74 Å². The predicted octanol–water partition coefficient (Wildman–Crippen LogP) is 4.11. The van der Waals surface area contributed by atoms with Gasteiger partial charge in [0.25, 0.3) is 0 Å². The summed E-state index contributed by atoms with van der Waals surface area (Å²) < 4.78 is 5.52. The molecule has 2 heteroatoms. The Morgan fingerprint density at radius 2 is 2.00 bits per heavy atom. The van der Waals surface area contributed by atoms with Gasteiger partial charge in [-0.05, 0) is 69.5 Å². The molecule has 0 bridgehead atoms. The average molecular weight is 261 g/mol. The first-order valence-electron chi connectivity index (χ1n) is 7.13. The van der Waals surface area contributed by atoms with Crippen LogP contribution in [0.3, 0.4) is 0 Å². The van der Waals surface area contributed by atoms with E-state index in [9.17, 15) is 0 Å². The number of allylic oxidation sites excluding steroid dienone is 1. The molecule has 0 aliphatic heterocycles. The number of nitrogens with one attached hydrogen (secondary N) is 1. The maximum Gasteiger partial charge on any atom is 0.126 e. The molecule has 0 aliphatic rings. The fraction of sp³-hybridized carbons (Fsp3) is 0.529. The standard InChI is InChI=1S/C17H27NO/c1-6-9-18-10-7-8-14(3)17-15(4)11-13(2)12-16(17)19-5/h8,11-12,18H,6-7,9-10H2,1-5H3/b14-8-. The van der Waals surface area contributed by atoms with E-state index in [-0.39, 0.29) is 0 Å². The van der Waals surface area contributed by atoms with Gasteiger partial charge in [0.05, 0.1) is 7.11 Å². The largest absolute Gasteiger partial charge is 0.496 e. The van der Waals surface area contributed by atoms with Crippen molar-refractivity contribution in [3.05, 3.63) is 34.9 Å². The number of methoxy groups -OCH3 is 1. The lowest BCUT2D eigenvalue weighted by Crippen LogP contribution is -2.15. The first kappa shape index (κ1) is 15.8. The Hall–Kier alpha value is -1.28. The van der Waals surface area contributed by atoms with Crippen LogP contribution in [0.15, 0.2) is 18.2 Å². The van der Waals surface area contributed by atoms with Crippen LogP contribution in [0, 0.1) is 13.8 Å². The van der Waals surface area contributed by atoms with Crippen LogP contribution in [-0.2, 0) is 0 Å². The van der Waals surface area contributed by atoms with E-state index in [0.717, 1.165) is 25.3 Å². The van der Waals surface area contributed by atoms with E-state index in [1.165, 1.54) is 28.7 Å². The lowest BCUT2D eigenvalue weighted by atomic mass is 9.97. The normalized spacial score (nSPS) is 11.7. The second-order valence-corrected chi connectivity index (χ2v) is 5.08. The summed E-state index contributed by atoms with van der Waals surface area (Å²) in [5.74, 6) is 0.979. The molecule has 1 rings (SSSR count). The Morgan fingerprint density at radius 3 is 2.63 bits per heavy atom. The van der Waals surface area contributed by atoms with Crippen LogP contribution in [-0.4, -0.2) is 20.2 Å². The van der Waals surface area contributed by atoms with Crippen LogP contribution >= 0.6 is 0 Å². The minimum Gasteiger partial charge on any atom is -0.496 e. The predicted molar refractivity (Wildman–Crippen MR) is 83.9 cm³/mol. The zero-order valence-corrected chi connectivity index (χ0v) is 13.0. The molecule has 2 nitrogen and oxygen atoms in total. The summed E-state index contributed by atoms with van der Waals surface area (Å²) in [6, 6.07) is 4.32. The number of rotatable bonds is 7. The molecule has 0 saturated heterocycles. The lowest BCUT2D eigenvalue weighted by Gasteiger charge is -2.14. The van der Waals surface area contributed by atoms with Crippen molar-refractivity contribution in [1.82, 2.24) is 5.32 Å². The molecule has 0 radical (unpaired) electrons. The molecule has 1 aromatic carbocycles. The number of hydrogen-bond donors (Lipinski definition) is 1. The van der Waals surface area contributed by atoms with Gasteiger partial charge >= 0.3 is 0 Å². The van der Waals surface area contributed by atoms with Crippen LogP contribution in [0.25, 0.3) is 5.57 Å². The average Bonchev–Trinajstić information content (AvgIpc) is 2.37. The SMILES string of the molecule is CCCNCC/C=C(/C)c1c(C)cc(C)cc1OC. The van der Waals surface area contributed by atoms with E-state index in [1.54, 1.807) is 7.11 Å². The van der Waals surface area contributed by atoms with Crippen molar-refractivity contribution in [1.29, 1.82) is 0 Å². The van der Waals surface area contributed by atoms with Crippen molar-refractivity contribution in [3.8, 4) is 5.75 Å². The molecule has 0 spiro atoms. The Morgan fingerprint density at radius 1 is 1.26 bits per heavy atom. The minimum atomic E-state index is 0.979. The van der Waals surface area contributed by atoms with E-state index in [1.807, 2.05) is 0 Å². The maximum absolute atomic E-state index is 5.52. The molecular weight excluding hydrogens is 234 g/mol. The van der Waals surface area contributed by atoms with Gasteiger partial charge in [-0.3, -0.25) is 0 Å². The highest BCUT2D eigenvalue weighted by molar-refractivity contribution is 5.72. The molecule has 1 aromatic rings. The third-order valence-corrected chi connectivity index (χ3v) is 3.26. The lowest BCUT2D eigenvalue weighted by molar-refractivity contribution is 0.413. The molecule has 0 fully saturated rings. The molecule has 0 amide bonds. The minimum absolute atomic E-state index is 0.979. The smallest absolute Gasteiger partial charge is 0.126 e. The number of benzene rings is 1. The molecule has 0 atom stereocenters. The van der Waals surface area contributed by atoms with Gasteiger partial charge in [-0.2, -0.15) is 0 Å². The highest BCUT2D eigenvalue weighted by Gasteiger charge is 2.09. The van der Waals surface area contributed by atoms with Crippen LogP contribution < -0.4 is 10.1 Å². The van der Waals surface area contributed by atoms with Gasteiger partial charge in [0, 0.05) is 5.56 Å². The Kier molecular flexibility index (Phi) is 6.65. The van der Waals surface area contributed by atoms with Gasteiger partial charge in [0.1, 0.15) is 5.75 Å². The van der Waals surface area contributed by atoms with E-state index in [0.29, 0.717) is 0 Å². The molecule has 0 saturated carbocycles. The van der Waals surface area contributed by atoms with Crippen molar-refractivity contribution in [2.24, 2.45) is 0 Å². The van der Waals surface area contributed by atoms with Gasteiger partial charge < -0.3 is 10.1 Å². The molecule has 0 heterocycles. The Labute approximate surface area is 117 Å². The van der Waals surface area contributed by atoms with Gasteiger partial charge in [0.15, 0.2) is 0 Å². The molecular formula is C17H27NO. The van der Waals surface area contributed by atoms with Crippen LogP contribution in [0.5, 0.6) is 5.75 Å². The zero-order valence-electron chi connectivity index (χ0n) is 13.0. The first-order chi connectivity index (χ1) is 9.10. The van der Waals surface area contributed by atoms with Crippen molar-refractivity contribution in [2.45, 2.75) is 40.5 Å². The van der Waals surface area contributed by atoms with Gasteiger partial charge in [-0.15, -0.1) is 0 Å².